The molecule has 1 aromatic heterocycles. The highest BCUT2D eigenvalue weighted by Gasteiger charge is 2.41. The van der Waals surface area contributed by atoms with Crippen molar-refractivity contribution in [1.82, 2.24) is 19.7 Å². The van der Waals surface area contributed by atoms with E-state index < -0.39 is 0 Å². The van der Waals surface area contributed by atoms with Crippen LogP contribution in [0, 0.1) is 16.2 Å². The average Bonchev–Trinajstić information content (AvgIpc) is 4.29. The molecule has 0 amide bonds. The lowest BCUT2D eigenvalue weighted by Crippen LogP contribution is -2.31. The molecule has 3 unspecified atom stereocenters. The molecule has 5 aromatic carbocycles. The molecular weight excluding hydrogens is 1010 g/mol. The maximum Gasteiger partial charge on any atom is 0.343 e. The van der Waals surface area contributed by atoms with Crippen LogP contribution >= 0.6 is 22.9 Å². The van der Waals surface area contributed by atoms with Crippen LogP contribution in [0.5, 0.6) is 11.5 Å². The van der Waals surface area contributed by atoms with Gasteiger partial charge in [-0.05, 0) is 117 Å². The minimum Gasteiger partial charge on any atom is -0.496 e. The molecule has 3 saturated heterocycles. The Labute approximate surface area is 473 Å². The Balaban J connectivity index is 0.000000170. The summed E-state index contributed by atoms with van der Waals surface area (Å²) in [5.74, 6) is 2.37. The number of fused-ring (bicyclic) bond motifs is 1. The lowest BCUT2D eigenvalue weighted by atomic mass is 9.82. The van der Waals surface area contributed by atoms with Crippen LogP contribution < -0.4 is 9.47 Å². The minimum absolute atomic E-state index is 0.169. The first-order valence-electron chi connectivity index (χ1n) is 28.5. The number of aromatic nitrogens is 1. The molecule has 4 heterocycles. The minimum atomic E-state index is -0.354. The molecule has 0 aliphatic carbocycles. The number of hydrogen-bond donors (Lipinski definition) is 0. The van der Waals surface area contributed by atoms with Crippen LogP contribution in [0.15, 0.2) is 121 Å². The van der Waals surface area contributed by atoms with Gasteiger partial charge in [0.2, 0.25) is 0 Å². The van der Waals surface area contributed by atoms with Crippen molar-refractivity contribution in [2.24, 2.45) is 16.2 Å². The molecule has 12 heteroatoms. The number of esters is 1. The van der Waals surface area contributed by atoms with E-state index in [0.717, 1.165) is 168 Å². The third kappa shape index (κ3) is 16.3. The van der Waals surface area contributed by atoms with E-state index in [1.54, 1.807) is 36.6 Å². The van der Waals surface area contributed by atoms with E-state index >= 15 is 0 Å². The van der Waals surface area contributed by atoms with Crippen molar-refractivity contribution in [2.45, 2.75) is 138 Å². The van der Waals surface area contributed by atoms with E-state index in [1.165, 1.54) is 10.9 Å². The second kappa shape index (κ2) is 28.5. The number of rotatable bonds is 22. The standard InChI is InChI=1S/C24H29NO3.C22H29NO2.C20H25ClN2OS/c1-3-4-13-22(26)24(2)14-15-25(18-24)17-19-9-8-12-21(16-19)28-23(27)20-10-6-5-7-11-20;1-4-5-10-21(24)22(2)13-14-23(16-22)15-17-11-12-20(25-3)19-9-7-6-8-18(17)19;1-3-4-5-18(24)20(2)10-11-23(14-20)12-17-13-25-19(22-17)15-6-8-16(21)9-7-15/h5-12,16H,3-4,13-15,17-18H2,1-2H3;6-9,11-12H,4-5,10,13-16H2,1-3H3;6-9,13H,3-5,10-12,14H2,1-2H3. The normalized spacial score (nSPS) is 20.4. The van der Waals surface area contributed by atoms with Crippen molar-refractivity contribution in [3.63, 3.8) is 0 Å². The van der Waals surface area contributed by atoms with Gasteiger partial charge in [0.25, 0.3) is 0 Å². The van der Waals surface area contributed by atoms with E-state index in [1.807, 2.05) is 66.7 Å². The number of hydrogen-bond acceptors (Lipinski definition) is 11. The molecule has 9 rings (SSSR count). The number of unbranched alkanes of at least 4 members (excludes halogenated alkanes) is 3. The second-order valence-corrected chi connectivity index (χ2v) is 24.0. The summed E-state index contributed by atoms with van der Waals surface area (Å²) in [4.78, 5) is 61.7. The maximum absolute atomic E-state index is 12.6. The first-order chi connectivity index (χ1) is 37.6. The predicted octanol–water partition coefficient (Wildman–Crippen LogP) is 15.1. The van der Waals surface area contributed by atoms with E-state index in [-0.39, 0.29) is 22.2 Å². The van der Waals surface area contributed by atoms with Gasteiger partial charge in [0.1, 0.15) is 33.9 Å². The summed E-state index contributed by atoms with van der Waals surface area (Å²) < 4.78 is 11.0. The molecule has 3 fully saturated rings. The topological polar surface area (TPSA) is 109 Å². The van der Waals surface area contributed by atoms with Crippen molar-refractivity contribution in [2.75, 3.05) is 46.4 Å². The number of halogens is 1. The molecule has 78 heavy (non-hydrogen) atoms. The van der Waals surface area contributed by atoms with Crippen molar-refractivity contribution in [3.05, 3.63) is 148 Å². The molecular formula is C66H83ClN4O6S. The van der Waals surface area contributed by atoms with Crippen LogP contribution in [0.25, 0.3) is 21.3 Å². The molecule has 0 saturated carbocycles. The molecule has 3 aliphatic rings. The number of ether oxygens (including phenoxy) is 2. The van der Waals surface area contributed by atoms with Gasteiger partial charge in [-0.15, -0.1) is 11.3 Å². The monoisotopic (exact) mass is 1090 g/mol. The number of benzene rings is 5. The van der Waals surface area contributed by atoms with Crippen molar-refractivity contribution >= 4 is 57.0 Å². The summed E-state index contributed by atoms with van der Waals surface area (Å²) in [5.41, 5.74) is 4.54. The van der Waals surface area contributed by atoms with Crippen molar-refractivity contribution in [3.8, 4) is 22.1 Å². The highest BCUT2D eigenvalue weighted by atomic mass is 35.5. The SMILES string of the molecule is CCCCC(=O)C1(C)CCN(Cc2ccc(OC)c3ccccc23)C1.CCCCC(=O)C1(C)CCN(Cc2cccc(OC(=O)c3ccccc3)c2)C1.CCCCC(=O)C1(C)CCN(Cc2csc(-c3ccc(Cl)cc3)n2)C1. The quantitative estimate of drug-likeness (QED) is 0.0481. The Hall–Kier alpha value is -5.56. The summed E-state index contributed by atoms with van der Waals surface area (Å²) in [6.45, 7) is 20.7. The fraction of sp³-hybridized carbons (Fsp3) is 0.470. The highest BCUT2D eigenvalue weighted by Crippen LogP contribution is 2.38. The summed E-state index contributed by atoms with van der Waals surface area (Å²) in [7, 11) is 1.72. The number of methoxy groups -OCH3 is 1. The molecule has 3 atom stereocenters. The molecule has 0 N–H and O–H groups in total. The van der Waals surface area contributed by atoms with Crippen LogP contribution in [0.3, 0.4) is 0 Å². The smallest absolute Gasteiger partial charge is 0.343 e. The zero-order valence-electron chi connectivity index (χ0n) is 47.4. The van der Waals surface area contributed by atoms with Gasteiger partial charge in [-0.1, -0.05) is 145 Å². The Kier molecular flexibility index (Phi) is 22.0. The van der Waals surface area contributed by atoms with E-state index in [0.29, 0.717) is 35.1 Å². The maximum atomic E-state index is 12.6. The van der Waals surface area contributed by atoms with Gasteiger partial charge in [-0.25, -0.2) is 9.78 Å². The fourth-order valence-electron chi connectivity index (χ4n) is 11.1. The van der Waals surface area contributed by atoms with Gasteiger partial charge in [0, 0.05) is 96.1 Å². The lowest BCUT2D eigenvalue weighted by molar-refractivity contribution is -0.128. The van der Waals surface area contributed by atoms with Crippen LogP contribution in [0.4, 0.5) is 0 Å². The highest BCUT2D eigenvalue weighted by molar-refractivity contribution is 7.13. The molecule has 6 aromatic rings. The molecule has 0 bridgehead atoms. The van der Waals surface area contributed by atoms with Gasteiger partial charge < -0.3 is 9.47 Å². The van der Waals surface area contributed by atoms with Gasteiger partial charge in [0.05, 0.1) is 18.4 Å². The summed E-state index contributed by atoms with van der Waals surface area (Å²) >= 11 is 7.61. The predicted molar refractivity (Wildman–Crippen MR) is 319 cm³/mol. The van der Waals surface area contributed by atoms with Gasteiger partial charge in [0.15, 0.2) is 0 Å². The Morgan fingerprint density at radius 1 is 0.603 bits per heavy atom. The number of carbonyl (C=O) groups excluding carboxylic acids is 4. The molecule has 416 valence electrons. The van der Waals surface area contributed by atoms with Crippen LogP contribution in [-0.4, -0.2) is 89.4 Å². The first kappa shape index (κ1) is 60.1. The third-order valence-electron chi connectivity index (χ3n) is 16.1. The summed E-state index contributed by atoms with van der Waals surface area (Å²) in [6.07, 6.45) is 11.2. The average molecular weight is 1100 g/mol. The zero-order valence-corrected chi connectivity index (χ0v) is 49.0. The number of Topliss-reactive ketones (excluding diaryl/α,β-unsaturated/α-hetero) is 3. The number of likely N-dealkylation sites (tertiary alicyclic amines) is 3. The summed E-state index contributed by atoms with van der Waals surface area (Å²) in [6, 6.07) is 37.1. The largest absolute Gasteiger partial charge is 0.496 e. The molecule has 10 nitrogen and oxygen atoms in total. The Morgan fingerprint density at radius 2 is 1.13 bits per heavy atom. The third-order valence-corrected chi connectivity index (χ3v) is 17.3. The van der Waals surface area contributed by atoms with E-state index in [9.17, 15) is 19.2 Å². The van der Waals surface area contributed by atoms with Crippen LogP contribution in [0.2, 0.25) is 5.02 Å². The molecule has 3 aliphatic heterocycles. The van der Waals surface area contributed by atoms with Crippen molar-refractivity contribution in [1.29, 1.82) is 0 Å². The molecule has 0 spiro atoms. The second-order valence-electron chi connectivity index (χ2n) is 22.7. The van der Waals surface area contributed by atoms with Gasteiger partial charge >= 0.3 is 5.97 Å². The zero-order chi connectivity index (χ0) is 55.7. The van der Waals surface area contributed by atoms with Gasteiger partial charge in [-0.2, -0.15) is 0 Å². The lowest BCUT2D eigenvalue weighted by Gasteiger charge is -2.24. The molecule has 0 radical (unpaired) electrons. The fourth-order valence-corrected chi connectivity index (χ4v) is 12.0. The van der Waals surface area contributed by atoms with E-state index in [2.05, 4.69) is 92.0 Å². The number of ketones is 3. The summed E-state index contributed by atoms with van der Waals surface area (Å²) in [5, 5.41) is 6.28. The van der Waals surface area contributed by atoms with Gasteiger partial charge in [-0.3, -0.25) is 29.1 Å². The Bertz CT molecular complexity index is 2930. The van der Waals surface area contributed by atoms with Crippen LogP contribution in [0.1, 0.15) is 146 Å². The number of nitrogens with zero attached hydrogens (tertiary/aromatic N) is 4. The first-order valence-corrected chi connectivity index (χ1v) is 29.7. The van der Waals surface area contributed by atoms with E-state index in [4.69, 9.17) is 26.1 Å². The van der Waals surface area contributed by atoms with Crippen LogP contribution in [-0.2, 0) is 34.0 Å². The Morgan fingerprint density at radius 3 is 1.68 bits per heavy atom. The number of carbonyl (C=O) groups is 4. The van der Waals surface area contributed by atoms with Crippen molar-refractivity contribution < 1.29 is 28.7 Å². The number of thiazole rings is 1.